The molecule has 0 aliphatic carbocycles. The summed E-state index contributed by atoms with van der Waals surface area (Å²) in [7, 11) is 0. The van der Waals surface area contributed by atoms with Gasteiger partial charge in [-0.25, -0.2) is 0 Å². The Hall–Kier alpha value is -3.22. The lowest BCUT2D eigenvalue weighted by Crippen LogP contribution is -1.90. The highest BCUT2D eigenvalue weighted by atomic mass is 14.0. The molecule has 0 unspecified atom stereocenters. The first-order valence-electron chi connectivity index (χ1n) is 8.81. The van der Waals surface area contributed by atoms with Crippen molar-refractivity contribution in [3.05, 3.63) is 105 Å². The molecule has 0 aliphatic heterocycles. The van der Waals surface area contributed by atoms with Crippen LogP contribution < -0.4 is 0 Å². The second kappa shape index (κ2) is 7.77. The largest absolute Gasteiger partial charge is 0.0619 e. The zero-order valence-corrected chi connectivity index (χ0v) is 15.8. The summed E-state index contributed by atoms with van der Waals surface area (Å²) in [6.45, 7) is 8.37. The van der Waals surface area contributed by atoms with Crippen molar-refractivity contribution < 1.29 is 0 Å². The molecule has 0 bridgehead atoms. The van der Waals surface area contributed by atoms with Gasteiger partial charge in [0, 0.05) is 22.3 Å². The highest BCUT2D eigenvalue weighted by molar-refractivity contribution is 5.55. The van der Waals surface area contributed by atoms with Gasteiger partial charge in [-0.05, 0) is 74.2 Å². The highest BCUT2D eigenvalue weighted by Gasteiger charge is 2.02. The van der Waals surface area contributed by atoms with Crippen LogP contribution in [0.15, 0.2) is 60.7 Å². The highest BCUT2D eigenvalue weighted by Crippen LogP contribution is 2.16. The van der Waals surface area contributed by atoms with Gasteiger partial charge in [-0.3, -0.25) is 0 Å². The second-order valence-corrected chi connectivity index (χ2v) is 6.61. The van der Waals surface area contributed by atoms with Gasteiger partial charge in [0.2, 0.25) is 0 Å². The lowest BCUT2D eigenvalue weighted by atomic mass is 9.99. The van der Waals surface area contributed by atoms with Gasteiger partial charge in [-0.2, -0.15) is 0 Å². The third-order valence-electron chi connectivity index (χ3n) is 4.53. The van der Waals surface area contributed by atoms with E-state index in [9.17, 15) is 0 Å². The molecule has 3 aromatic carbocycles. The molecule has 3 rings (SSSR count). The minimum atomic E-state index is 1.06. The molecule has 0 aliphatic rings. The summed E-state index contributed by atoms with van der Waals surface area (Å²) >= 11 is 0. The average Bonchev–Trinajstić information content (AvgIpc) is 2.63. The molecule has 0 N–H and O–H groups in total. The smallest absolute Gasteiger partial charge is 0.0281 e. The lowest BCUT2D eigenvalue weighted by molar-refractivity contribution is 1.34. The van der Waals surface area contributed by atoms with Gasteiger partial charge in [0.15, 0.2) is 0 Å². The van der Waals surface area contributed by atoms with Crippen LogP contribution in [0.1, 0.15) is 44.5 Å². The molecule has 0 saturated heterocycles. The minimum Gasteiger partial charge on any atom is -0.0619 e. The fraction of sp³-hybridized carbons (Fsp3) is 0.154. The zero-order chi connectivity index (χ0) is 18.5. The molecule has 0 heteroatoms. The minimum absolute atomic E-state index is 1.06. The summed E-state index contributed by atoms with van der Waals surface area (Å²) in [6, 6.07) is 20.7. The van der Waals surface area contributed by atoms with E-state index in [1.165, 1.54) is 11.1 Å². The van der Waals surface area contributed by atoms with E-state index in [0.717, 1.165) is 33.4 Å². The molecule has 0 nitrogen and oxygen atoms in total. The van der Waals surface area contributed by atoms with E-state index in [2.05, 4.69) is 87.8 Å². The Morgan fingerprint density at radius 3 is 1.15 bits per heavy atom. The number of hydrogen-bond donors (Lipinski definition) is 0. The molecule has 0 aromatic heterocycles. The van der Waals surface area contributed by atoms with E-state index in [1.54, 1.807) is 0 Å². The van der Waals surface area contributed by atoms with E-state index in [0.29, 0.717) is 0 Å². The molecular formula is C26H22. The number of aryl methyl sites for hydroxylation is 4. The van der Waals surface area contributed by atoms with Crippen molar-refractivity contribution in [1.29, 1.82) is 0 Å². The van der Waals surface area contributed by atoms with Crippen LogP contribution >= 0.6 is 0 Å². The Labute approximate surface area is 156 Å². The van der Waals surface area contributed by atoms with Crippen molar-refractivity contribution in [3.63, 3.8) is 0 Å². The first-order valence-corrected chi connectivity index (χ1v) is 8.81. The predicted octanol–water partition coefficient (Wildman–Crippen LogP) is 5.72. The van der Waals surface area contributed by atoms with Gasteiger partial charge >= 0.3 is 0 Å². The molecule has 0 radical (unpaired) electrons. The van der Waals surface area contributed by atoms with Gasteiger partial charge < -0.3 is 0 Å². The lowest BCUT2D eigenvalue weighted by Gasteiger charge is -2.04. The van der Waals surface area contributed by atoms with Crippen LogP contribution in [-0.2, 0) is 0 Å². The number of benzene rings is 3. The molecule has 0 heterocycles. The van der Waals surface area contributed by atoms with Crippen molar-refractivity contribution in [2.24, 2.45) is 0 Å². The Kier molecular flexibility index (Phi) is 5.26. The molecule has 0 amide bonds. The monoisotopic (exact) mass is 334 g/mol. The molecule has 0 saturated carbocycles. The summed E-state index contributed by atoms with van der Waals surface area (Å²) in [5.74, 6) is 13.2. The summed E-state index contributed by atoms with van der Waals surface area (Å²) in [4.78, 5) is 0. The molecule has 3 aromatic rings. The Morgan fingerprint density at radius 2 is 0.769 bits per heavy atom. The molecule has 0 atom stereocenters. The van der Waals surface area contributed by atoms with E-state index < -0.39 is 0 Å². The molecule has 0 fully saturated rings. The average molecular weight is 334 g/mol. The van der Waals surface area contributed by atoms with Crippen molar-refractivity contribution in [1.82, 2.24) is 0 Å². The van der Waals surface area contributed by atoms with Crippen molar-refractivity contribution in [2.45, 2.75) is 27.7 Å². The van der Waals surface area contributed by atoms with Gasteiger partial charge in [0.1, 0.15) is 0 Å². The second-order valence-electron chi connectivity index (χ2n) is 6.61. The van der Waals surface area contributed by atoms with Crippen LogP contribution in [0.2, 0.25) is 0 Å². The standard InChI is InChI=1S/C26H22/c1-19-9-5-7-11-23(19)13-15-25-17-22(4)26(18-21(25)3)16-14-24-12-8-6-10-20(24)2/h5-12,17-18H,1-4H3. The van der Waals surface area contributed by atoms with Crippen molar-refractivity contribution in [3.8, 4) is 23.7 Å². The van der Waals surface area contributed by atoms with Crippen LogP contribution in [0.5, 0.6) is 0 Å². The maximum absolute atomic E-state index is 3.32. The van der Waals surface area contributed by atoms with Gasteiger partial charge in [0.05, 0.1) is 0 Å². The third kappa shape index (κ3) is 4.05. The van der Waals surface area contributed by atoms with E-state index >= 15 is 0 Å². The van der Waals surface area contributed by atoms with Gasteiger partial charge in [-0.1, -0.05) is 60.1 Å². The normalized spacial score (nSPS) is 9.69. The van der Waals surface area contributed by atoms with Crippen molar-refractivity contribution >= 4 is 0 Å². The van der Waals surface area contributed by atoms with Crippen LogP contribution in [0, 0.1) is 51.4 Å². The van der Waals surface area contributed by atoms with Crippen LogP contribution in [-0.4, -0.2) is 0 Å². The quantitative estimate of drug-likeness (QED) is 0.461. The van der Waals surface area contributed by atoms with E-state index in [1.807, 2.05) is 24.3 Å². The molecule has 26 heavy (non-hydrogen) atoms. The maximum atomic E-state index is 3.32. The third-order valence-corrected chi connectivity index (χ3v) is 4.53. The predicted molar refractivity (Wildman–Crippen MR) is 110 cm³/mol. The molecule has 0 spiro atoms. The van der Waals surface area contributed by atoms with Gasteiger partial charge in [0.25, 0.3) is 0 Å². The first-order chi connectivity index (χ1) is 12.5. The fourth-order valence-electron chi connectivity index (χ4n) is 2.78. The molecular weight excluding hydrogens is 312 g/mol. The van der Waals surface area contributed by atoms with Crippen molar-refractivity contribution in [2.75, 3.05) is 0 Å². The summed E-state index contributed by atoms with van der Waals surface area (Å²) in [5, 5.41) is 0. The fourth-order valence-corrected chi connectivity index (χ4v) is 2.78. The van der Waals surface area contributed by atoms with Crippen LogP contribution in [0.25, 0.3) is 0 Å². The summed E-state index contributed by atoms with van der Waals surface area (Å²) in [6.07, 6.45) is 0. The maximum Gasteiger partial charge on any atom is 0.0281 e. The van der Waals surface area contributed by atoms with Crippen LogP contribution in [0.4, 0.5) is 0 Å². The van der Waals surface area contributed by atoms with Gasteiger partial charge in [-0.15, -0.1) is 0 Å². The topological polar surface area (TPSA) is 0 Å². The first kappa shape index (κ1) is 17.6. The van der Waals surface area contributed by atoms with E-state index in [4.69, 9.17) is 0 Å². The Morgan fingerprint density at radius 1 is 0.423 bits per heavy atom. The van der Waals surface area contributed by atoms with Crippen LogP contribution in [0.3, 0.4) is 0 Å². The summed E-state index contributed by atoms with van der Waals surface area (Å²) < 4.78 is 0. The zero-order valence-electron chi connectivity index (χ0n) is 15.8. The number of rotatable bonds is 0. The number of hydrogen-bond acceptors (Lipinski definition) is 0. The van der Waals surface area contributed by atoms with E-state index in [-0.39, 0.29) is 0 Å². The summed E-state index contributed by atoms with van der Waals surface area (Å²) in [5.41, 5.74) is 9.00. The Bertz CT molecular complexity index is 987. The Balaban J connectivity index is 1.93. The SMILES string of the molecule is Cc1ccccc1C#Cc1cc(C)c(C#Cc2ccccc2C)cc1C. The molecule has 126 valence electrons.